The van der Waals surface area contributed by atoms with Gasteiger partial charge in [-0.05, 0) is 24.3 Å². The number of phenolic OH excluding ortho intramolecular Hbond substituents is 1. The molecule has 1 aliphatic heterocycles. The number of hydrogen-bond donors (Lipinski definition) is 1. The molecule has 0 fully saturated rings. The van der Waals surface area contributed by atoms with E-state index in [0.717, 1.165) is 0 Å². The van der Waals surface area contributed by atoms with Crippen LogP contribution in [0.1, 0.15) is 21.5 Å². The van der Waals surface area contributed by atoms with Crippen molar-refractivity contribution in [3.8, 4) is 29.4 Å². The first kappa shape index (κ1) is 19.0. The second-order valence-corrected chi connectivity index (χ2v) is 6.08. The Kier molecular flexibility index (Phi) is 5.59. The summed E-state index contributed by atoms with van der Waals surface area (Å²) in [7, 11) is 1.54. The van der Waals surface area contributed by atoms with Gasteiger partial charge in [0.2, 0.25) is 5.78 Å². The maximum Gasteiger partial charge on any atom is 0.231 e. The van der Waals surface area contributed by atoms with E-state index in [1.54, 1.807) is 30.2 Å². The molecule has 0 atom stereocenters. The highest BCUT2D eigenvalue weighted by Crippen LogP contribution is 2.40. The van der Waals surface area contributed by atoms with Crippen molar-refractivity contribution in [1.29, 1.82) is 10.5 Å². The van der Waals surface area contributed by atoms with Gasteiger partial charge in [-0.3, -0.25) is 9.69 Å². The number of para-hydroxylation sites is 1. The Hall–Kier alpha value is -3.81. The van der Waals surface area contributed by atoms with Gasteiger partial charge in [0.05, 0.1) is 43.5 Å². The zero-order valence-corrected chi connectivity index (χ0v) is 15.2. The third-order valence-corrected chi connectivity index (χ3v) is 4.31. The second kappa shape index (κ2) is 8.26. The summed E-state index contributed by atoms with van der Waals surface area (Å²) in [6, 6.07) is 14.1. The number of hydrogen-bond acceptors (Lipinski definition) is 7. The molecule has 0 saturated carbocycles. The summed E-state index contributed by atoms with van der Waals surface area (Å²) in [5.41, 5.74) is 1.37. The third-order valence-electron chi connectivity index (χ3n) is 4.31. The first-order valence-corrected chi connectivity index (χ1v) is 8.47. The Bertz CT molecular complexity index is 1010. The molecule has 0 bridgehead atoms. The normalized spacial score (nSPS) is 13.7. The van der Waals surface area contributed by atoms with Crippen molar-refractivity contribution in [2.75, 3.05) is 20.2 Å². The molecule has 3 rings (SSSR count). The Labute approximate surface area is 162 Å². The number of Topliss-reactive ketones (excluding diaryl/α,β-unsaturated/α-hetero) is 1. The van der Waals surface area contributed by atoms with Gasteiger partial charge in [-0.15, -0.1) is 0 Å². The largest absolute Gasteiger partial charge is 0.507 e. The van der Waals surface area contributed by atoms with Crippen molar-refractivity contribution < 1.29 is 19.4 Å². The lowest BCUT2D eigenvalue weighted by atomic mass is 10.0. The van der Waals surface area contributed by atoms with Gasteiger partial charge in [-0.1, -0.05) is 18.2 Å². The summed E-state index contributed by atoms with van der Waals surface area (Å²) in [4.78, 5) is 14.3. The molecular weight excluding hydrogens is 358 g/mol. The minimum atomic E-state index is -0.311. The zero-order valence-electron chi connectivity index (χ0n) is 15.2. The van der Waals surface area contributed by atoms with Crippen LogP contribution in [0.3, 0.4) is 0 Å². The number of aromatic hydroxyl groups is 1. The van der Waals surface area contributed by atoms with E-state index in [4.69, 9.17) is 20.0 Å². The summed E-state index contributed by atoms with van der Waals surface area (Å²) in [5.74, 6) is 0.574. The number of carbonyl (C=O) groups excluding carboxylic acids is 1. The van der Waals surface area contributed by atoms with E-state index >= 15 is 0 Å². The molecule has 0 radical (unpaired) electrons. The molecule has 28 heavy (non-hydrogen) atoms. The molecule has 1 aliphatic rings. The molecule has 1 heterocycles. The molecule has 140 valence electrons. The minimum Gasteiger partial charge on any atom is -0.507 e. The highest BCUT2D eigenvalue weighted by Gasteiger charge is 2.31. The van der Waals surface area contributed by atoms with Crippen LogP contribution < -0.4 is 9.47 Å². The molecule has 0 unspecified atom stereocenters. The van der Waals surface area contributed by atoms with Crippen molar-refractivity contribution in [1.82, 2.24) is 4.90 Å². The number of nitrogens with zero attached hydrogens (tertiary/aromatic N) is 3. The van der Waals surface area contributed by atoms with E-state index < -0.39 is 0 Å². The van der Waals surface area contributed by atoms with Crippen LogP contribution in [0.5, 0.6) is 17.2 Å². The van der Waals surface area contributed by atoms with Gasteiger partial charge >= 0.3 is 0 Å². The molecule has 2 aromatic carbocycles. The monoisotopic (exact) mass is 375 g/mol. The second-order valence-electron chi connectivity index (χ2n) is 6.08. The fourth-order valence-electron chi connectivity index (χ4n) is 2.97. The van der Waals surface area contributed by atoms with E-state index in [-0.39, 0.29) is 42.7 Å². The summed E-state index contributed by atoms with van der Waals surface area (Å²) in [6.45, 7) is 0.119. The van der Waals surface area contributed by atoms with Crippen molar-refractivity contribution >= 4 is 11.9 Å². The number of methoxy groups -OCH3 is 1. The number of allylic oxidation sites excluding steroid dienone is 1. The molecule has 0 amide bonds. The molecule has 7 nitrogen and oxygen atoms in total. The average Bonchev–Trinajstić information content (AvgIpc) is 3.00. The van der Waals surface area contributed by atoms with E-state index in [1.165, 1.54) is 12.1 Å². The molecular formula is C21H17N3O4. The number of rotatable bonds is 6. The fraction of sp³-hybridized carbons (Fsp3) is 0.190. The van der Waals surface area contributed by atoms with Gasteiger partial charge in [0.15, 0.2) is 5.76 Å². The van der Waals surface area contributed by atoms with E-state index in [2.05, 4.69) is 0 Å². The smallest absolute Gasteiger partial charge is 0.231 e. The van der Waals surface area contributed by atoms with Gasteiger partial charge in [0.25, 0.3) is 0 Å². The standard InChI is InChI=1S/C21H17N3O4/c1-27-18-5-3-2-4-14(18)12-19-20(26)15-6-7-17(25)16(21(15)28-19)13-24(10-8-22)11-9-23/h2-7,12,25H,10-11,13H2,1H3/b19-12+. The number of nitriles is 2. The van der Waals surface area contributed by atoms with Gasteiger partial charge in [0, 0.05) is 12.1 Å². The zero-order chi connectivity index (χ0) is 20.1. The predicted octanol–water partition coefficient (Wildman–Crippen LogP) is 2.87. The van der Waals surface area contributed by atoms with E-state index in [0.29, 0.717) is 22.4 Å². The Morgan fingerprint density at radius 3 is 2.57 bits per heavy atom. The predicted molar refractivity (Wildman–Crippen MR) is 101 cm³/mol. The van der Waals surface area contributed by atoms with Crippen molar-refractivity contribution in [3.63, 3.8) is 0 Å². The highest BCUT2D eigenvalue weighted by atomic mass is 16.5. The number of benzene rings is 2. The third kappa shape index (κ3) is 3.66. The van der Waals surface area contributed by atoms with Crippen LogP contribution in [0.2, 0.25) is 0 Å². The molecule has 7 heteroatoms. The van der Waals surface area contributed by atoms with Crippen molar-refractivity contribution in [2.24, 2.45) is 0 Å². The summed E-state index contributed by atoms with van der Waals surface area (Å²) >= 11 is 0. The first-order chi connectivity index (χ1) is 13.6. The lowest BCUT2D eigenvalue weighted by molar-refractivity contribution is 0.101. The average molecular weight is 375 g/mol. The molecule has 0 spiro atoms. The molecule has 0 saturated heterocycles. The Balaban J connectivity index is 1.98. The highest BCUT2D eigenvalue weighted by molar-refractivity contribution is 6.15. The van der Waals surface area contributed by atoms with Crippen LogP contribution in [0.4, 0.5) is 0 Å². The SMILES string of the molecule is COc1ccccc1/C=C1/Oc2c(ccc(O)c2CN(CC#N)CC#N)C1=O. The van der Waals surface area contributed by atoms with Crippen molar-refractivity contribution in [2.45, 2.75) is 6.54 Å². The van der Waals surface area contributed by atoms with Gasteiger partial charge in [0.1, 0.15) is 17.2 Å². The van der Waals surface area contributed by atoms with Gasteiger partial charge in [-0.2, -0.15) is 10.5 Å². The number of ether oxygens (including phenoxy) is 2. The maximum atomic E-state index is 12.8. The molecule has 2 aromatic rings. The van der Waals surface area contributed by atoms with Crippen molar-refractivity contribution in [3.05, 3.63) is 58.8 Å². The van der Waals surface area contributed by atoms with Crippen LogP contribution in [0, 0.1) is 22.7 Å². The lowest BCUT2D eigenvalue weighted by Crippen LogP contribution is -2.24. The number of ketones is 1. The lowest BCUT2D eigenvalue weighted by Gasteiger charge is -2.17. The quantitative estimate of drug-likeness (QED) is 0.611. The van der Waals surface area contributed by atoms with Crippen LogP contribution in [-0.4, -0.2) is 36.0 Å². The Morgan fingerprint density at radius 2 is 1.89 bits per heavy atom. The van der Waals surface area contributed by atoms with Crippen LogP contribution >= 0.6 is 0 Å². The molecule has 0 aromatic heterocycles. The Morgan fingerprint density at radius 1 is 1.18 bits per heavy atom. The van der Waals surface area contributed by atoms with E-state index in [9.17, 15) is 9.90 Å². The summed E-state index contributed by atoms with van der Waals surface area (Å²) in [6.07, 6.45) is 1.59. The van der Waals surface area contributed by atoms with E-state index in [1.807, 2.05) is 24.3 Å². The number of carbonyl (C=O) groups is 1. The summed E-state index contributed by atoms with van der Waals surface area (Å²) in [5, 5.41) is 28.1. The minimum absolute atomic E-state index is 0.00846. The van der Waals surface area contributed by atoms with Gasteiger partial charge < -0.3 is 14.6 Å². The van der Waals surface area contributed by atoms with Gasteiger partial charge in [-0.25, -0.2) is 0 Å². The number of fused-ring (bicyclic) bond motifs is 1. The molecule has 1 N–H and O–H groups in total. The first-order valence-electron chi connectivity index (χ1n) is 8.47. The topological polar surface area (TPSA) is 107 Å². The van der Waals surface area contributed by atoms with Crippen LogP contribution in [-0.2, 0) is 6.54 Å². The molecule has 0 aliphatic carbocycles. The van der Waals surface area contributed by atoms with Crippen LogP contribution in [0.25, 0.3) is 6.08 Å². The fourth-order valence-corrected chi connectivity index (χ4v) is 2.97. The van der Waals surface area contributed by atoms with Crippen LogP contribution in [0.15, 0.2) is 42.2 Å². The maximum absolute atomic E-state index is 12.8. The number of phenols is 1. The summed E-state index contributed by atoms with van der Waals surface area (Å²) < 4.78 is 11.1.